The van der Waals surface area contributed by atoms with Crippen LogP contribution in [0.3, 0.4) is 0 Å². The highest BCUT2D eigenvalue weighted by atomic mass is 32.2. The van der Waals surface area contributed by atoms with Crippen molar-refractivity contribution < 1.29 is 0 Å². The fourth-order valence-electron chi connectivity index (χ4n) is 3.59. The number of nitrogens with zero attached hydrogens (tertiary/aromatic N) is 1. The van der Waals surface area contributed by atoms with E-state index in [0.717, 1.165) is 5.75 Å². The summed E-state index contributed by atoms with van der Waals surface area (Å²) in [6.45, 7) is 0. The maximum Gasteiger partial charge on any atom is 0.0696 e. The number of fused-ring (bicyclic) bond motifs is 2. The Balaban J connectivity index is 1.71. The highest BCUT2D eigenvalue weighted by Crippen LogP contribution is 2.48. The van der Waals surface area contributed by atoms with Gasteiger partial charge < -0.3 is 4.90 Å². The van der Waals surface area contributed by atoms with Crippen molar-refractivity contribution in [3.8, 4) is 0 Å². The van der Waals surface area contributed by atoms with Crippen LogP contribution in [0.25, 0.3) is 10.1 Å². The van der Waals surface area contributed by atoms with Gasteiger partial charge in [-0.1, -0.05) is 54.6 Å². The molecular formula is C22H17NS2. The number of anilines is 2. The Hall–Kier alpha value is -2.23. The minimum atomic E-state index is 0.363. The van der Waals surface area contributed by atoms with Crippen LogP contribution in [-0.2, 0) is 0 Å². The van der Waals surface area contributed by atoms with E-state index >= 15 is 0 Å². The van der Waals surface area contributed by atoms with E-state index in [2.05, 4.69) is 89.1 Å². The molecule has 4 aromatic rings. The quantitative estimate of drug-likeness (QED) is 0.392. The molecule has 0 spiro atoms. The van der Waals surface area contributed by atoms with Crippen LogP contribution in [0.2, 0.25) is 0 Å². The molecule has 1 atom stereocenters. The number of para-hydroxylation sites is 1. The summed E-state index contributed by atoms with van der Waals surface area (Å²) in [6.07, 6.45) is 0. The largest absolute Gasteiger partial charge is 0.332 e. The molecule has 5 rings (SSSR count). The Kier molecular flexibility index (Phi) is 3.76. The van der Waals surface area contributed by atoms with Crippen molar-refractivity contribution >= 4 is 44.6 Å². The molecule has 1 aliphatic rings. The topological polar surface area (TPSA) is 3.24 Å². The zero-order valence-corrected chi connectivity index (χ0v) is 15.3. The summed E-state index contributed by atoms with van der Waals surface area (Å²) >= 11 is 3.79. The van der Waals surface area contributed by atoms with Crippen molar-refractivity contribution in [1.29, 1.82) is 0 Å². The first-order valence-corrected chi connectivity index (χ1v) is 10.3. The number of thiophene rings is 1. The third-order valence-corrected chi connectivity index (χ3v) is 6.86. The second-order valence-corrected chi connectivity index (χ2v) is 8.16. The molecule has 2 heterocycles. The molecule has 3 heteroatoms. The summed E-state index contributed by atoms with van der Waals surface area (Å²) in [5.74, 6) is 1.08. The normalized spacial score (nSPS) is 16.1. The van der Waals surface area contributed by atoms with Crippen LogP contribution in [0.15, 0.2) is 89.1 Å². The molecule has 1 aromatic heterocycles. The summed E-state index contributed by atoms with van der Waals surface area (Å²) in [5.41, 5.74) is 4.01. The van der Waals surface area contributed by atoms with Crippen molar-refractivity contribution in [1.82, 2.24) is 0 Å². The molecule has 0 saturated carbocycles. The van der Waals surface area contributed by atoms with Gasteiger partial charge in [0, 0.05) is 31.8 Å². The van der Waals surface area contributed by atoms with E-state index in [1.165, 1.54) is 31.9 Å². The lowest BCUT2D eigenvalue weighted by Gasteiger charge is -2.31. The van der Waals surface area contributed by atoms with Gasteiger partial charge in [0.05, 0.1) is 11.7 Å². The molecule has 0 saturated heterocycles. The summed E-state index contributed by atoms with van der Waals surface area (Å²) < 4.78 is 1.34. The Morgan fingerprint density at radius 1 is 0.800 bits per heavy atom. The van der Waals surface area contributed by atoms with E-state index in [-0.39, 0.29) is 0 Å². The standard InChI is InChI=1S/C22H17NS2/c1-2-8-16(9-3-1)23(19-14-24-21-12-6-4-10-17(19)21)20-15-25-22-13-7-5-11-18(20)22/h1-14,20H,15H2. The first-order valence-electron chi connectivity index (χ1n) is 8.44. The lowest BCUT2D eigenvalue weighted by molar-refractivity contribution is 0.791. The molecule has 25 heavy (non-hydrogen) atoms. The monoisotopic (exact) mass is 359 g/mol. The summed E-state index contributed by atoms with van der Waals surface area (Å²) in [7, 11) is 0. The van der Waals surface area contributed by atoms with E-state index in [1.54, 1.807) is 0 Å². The van der Waals surface area contributed by atoms with E-state index in [0.29, 0.717) is 6.04 Å². The molecule has 1 aliphatic heterocycles. The zero-order chi connectivity index (χ0) is 16.6. The van der Waals surface area contributed by atoms with Gasteiger partial charge in [0.25, 0.3) is 0 Å². The van der Waals surface area contributed by atoms with Crippen LogP contribution < -0.4 is 4.90 Å². The van der Waals surface area contributed by atoms with Gasteiger partial charge in [0.15, 0.2) is 0 Å². The maximum absolute atomic E-state index is 2.53. The number of thioether (sulfide) groups is 1. The van der Waals surface area contributed by atoms with Gasteiger partial charge in [-0.3, -0.25) is 0 Å². The van der Waals surface area contributed by atoms with Crippen molar-refractivity contribution in [2.24, 2.45) is 0 Å². The summed E-state index contributed by atoms with van der Waals surface area (Å²) in [4.78, 5) is 3.94. The Morgan fingerprint density at radius 2 is 1.56 bits per heavy atom. The van der Waals surface area contributed by atoms with Crippen LogP contribution in [-0.4, -0.2) is 5.75 Å². The third kappa shape index (κ3) is 2.55. The van der Waals surface area contributed by atoms with Crippen molar-refractivity contribution in [2.45, 2.75) is 10.9 Å². The second-order valence-electron chi connectivity index (χ2n) is 6.19. The SMILES string of the molecule is c1ccc(N(c2csc3ccccc23)C2CSc3ccccc32)cc1. The van der Waals surface area contributed by atoms with Gasteiger partial charge >= 0.3 is 0 Å². The summed E-state index contributed by atoms with van der Waals surface area (Å²) in [6, 6.07) is 28.7. The van der Waals surface area contributed by atoms with Crippen molar-refractivity contribution in [3.63, 3.8) is 0 Å². The molecule has 3 aromatic carbocycles. The van der Waals surface area contributed by atoms with Crippen LogP contribution in [0.1, 0.15) is 11.6 Å². The van der Waals surface area contributed by atoms with Crippen LogP contribution in [0.5, 0.6) is 0 Å². The smallest absolute Gasteiger partial charge is 0.0696 e. The van der Waals surface area contributed by atoms with Crippen molar-refractivity contribution in [2.75, 3.05) is 10.7 Å². The third-order valence-electron chi connectivity index (χ3n) is 4.74. The highest BCUT2D eigenvalue weighted by molar-refractivity contribution is 7.99. The minimum absolute atomic E-state index is 0.363. The van der Waals surface area contributed by atoms with Gasteiger partial charge in [0.2, 0.25) is 0 Å². The number of rotatable bonds is 3. The predicted molar refractivity (Wildman–Crippen MR) is 110 cm³/mol. The molecule has 0 fully saturated rings. The molecule has 122 valence electrons. The number of benzene rings is 3. The van der Waals surface area contributed by atoms with Gasteiger partial charge in [-0.05, 0) is 29.8 Å². The molecule has 0 aliphatic carbocycles. The number of hydrogen-bond acceptors (Lipinski definition) is 3. The van der Waals surface area contributed by atoms with E-state index in [4.69, 9.17) is 0 Å². The van der Waals surface area contributed by atoms with Crippen molar-refractivity contribution in [3.05, 3.63) is 89.8 Å². The van der Waals surface area contributed by atoms with Crippen LogP contribution in [0.4, 0.5) is 11.4 Å². The number of hydrogen-bond donors (Lipinski definition) is 0. The predicted octanol–water partition coefficient (Wildman–Crippen LogP) is 6.89. The van der Waals surface area contributed by atoms with Gasteiger partial charge in [-0.25, -0.2) is 0 Å². The Labute approximate surface area is 155 Å². The van der Waals surface area contributed by atoms with Crippen LogP contribution in [0, 0.1) is 0 Å². The van der Waals surface area contributed by atoms with E-state index in [9.17, 15) is 0 Å². The molecule has 0 radical (unpaired) electrons. The maximum atomic E-state index is 2.53. The highest BCUT2D eigenvalue weighted by Gasteiger charge is 2.30. The van der Waals surface area contributed by atoms with E-state index < -0.39 is 0 Å². The first-order chi connectivity index (χ1) is 12.4. The molecule has 1 unspecified atom stereocenters. The fourth-order valence-corrected chi connectivity index (χ4v) is 5.73. The van der Waals surface area contributed by atoms with E-state index in [1.807, 2.05) is 23.1 Å². The van der Waals surface area contributed by atoms with Crippen LogP contribution >= 0.6 is 23.1 Å². The molecule has 0 N–H and O–H groups in total. The molecular weight excluding hydrogens is 342 g/mol. The lowest BCUT2D eigenvalue weighted by atomic mass is 10.0. The van der Waals surface area contributed by atoms with Gasteiger partial charge in [0.1, 0.15) is 0 Å². The zero-order valence-electron chi connectivity index (χ0n) is 13.6. The summed E-state index contributed by atoms with van der Waals surface area (Å²) in [5, 5.41) is 3.65. The van der Waals surface area contributed by atoms with Gasteiger partial charge in [-0.15, -0.1) is 23.1 Å². The first kappa shape index (κ1) is 15.1. The molecule has 1 nitrogen and oxygen atoms in total. The molecule has 0 amide bonds. The second kappa shape index (κ2) is 6.25. The fraction of sp³-hybridized carbons (Fsp3) is 0.0909. The Morgan fingerprint density at radius 3 is 2.48 bits per heavy atom. The Bertz CT molecular complexity index is 1020. The molecule has 0 bridgehead atoms. The average Bonchev–Trinajstić information content (AvgIpc) is 3.29. The lowest BCUT2D eigenvalue weighted by Crippen LogP contribution is -2.23. The minimum Gasteiger partial charge on any atom is -0.332 e. The average molecular weight is 360 g/mol. The van der Waals surface area contributed by atoms with Gasteiger partial charge in [-0.2, -0.15) is 0 Å².